The molecule has 148 valence electrons. The van der Waals surface area contributed by atoms with Crippen LogP contribution < -0.4 is 10.5 Å². The minimum atomic E-state index is -1.03. The minimum Gasteiger partial charge on any atom is -0.355 e. The number of rotatable bonds is 4. The summed E-state index contributed by atoms with van der Waals surface area (Å²) in [6, 6.07) is 0. The van der Waals surface area contributed by atoms with Crippen LogP contribution in [0.25, 0.3) is 0 Å². The topological polar surface area (TPSA) is 99.1 Å². The molecule has 0 fully saturated rings. The number of hydrogen-bond donors (Lipinski definition) is 3. The van der Waals surface area contributed by atoms with Gasteiger partial charge in [0.15, 0.2) is 0 Å². The Morgan fingerprint density at radius 1 is 1.30 bits per heavy atom. The van der Waals surface area contributed by atoms with Crippen molar-refractivity contribution >= 4 is 21.6 Å². The molecule has 4 N–H and O–H groups in total. The third-order valence-corrected chi connectivity index (χ3v) is 7.09. The van der Waals surface area contributed by atoms with E-state index in [2.05, 4.69) is 35.6 Å². The number of aliphatic hydroxyl groups excluding tert-OH is 1. The Balaban J connectivity index is 1.61. The number of nitrogens with one attached hydrogen (secondary N) is 1. The SMILES string of the molecule is CCN1CCC(/S(N)=N\C(O)Nc2c3c(nc4c2CCC4(C)C)CCC3)=N1. The van der Waals surface area contributed by atoms with Gasteiger partial charge in [0, 0.05) is 47.2 Å². The molecule has 1 aliphatic heterocycles. The minimum absolute atomic E-state index is 0.0891. The lowest BCUT2D eigenvalue weighted by Crippen LogP contribution is -2.24. The highest BCUT2D eigenvalue weighted by molar-refractivity contribution is 8.00. The predicted octanol–water partition coefficient (Wildman–Crippen LogP) is 2.20. The average molecular weight is 391 g/mol. The van der Waals surface area contributed by atoms with Gasteiger partial charge in [-0.2, -0.15) is 9.46 Å². The molecule has 2 heterocycles. The number of fused-ring (bicyclic) bond motifs is 2. The molecule has 3 aliphatic rings. The Labute approximate surface area is 163 Å². The normalized spacial score (nSPS) is 22.6. The zero-order valence-electron chi connectivity index (χ0n) is 16.5. The first-order chi connectivity index (χ1) is 12.9. The van der Waals surface area contributed by atoms with E-state index in [-0.39, 0.29) is 5.41 Å². The Kier molecular flexibility index (Phi) is 4.98. The van der Waals surface area contributed by atoms with E-state index < -0.39 is 17.2 Å². The number of aliphatic hydroxyl groups is 1. The van der Waals surface area contributed by atoms with E-state index in [1.807, 2.05) is 5.01 Å². The van der Waals surface area contributed by atoms with Gasteiger partial charge in [-0.1, -0.05) is 13.8 Å². The number of pyridine rings is 1. The second-order valence-corrected chi connectivity index (χ2v) is 9.52. The molecule has 2 atom stereocenters. The van der Waals surface area contributed by atoms with E-state index in [9.17, 15) is 5.11 Å². The second kappa shape index (κ2) is 7.14. The van der Waals surface area contributed by atoms with Gasteiger partial charge in [-0.05, 0) is 50.2 Å². The van der Waals surface area contributed by atoms with Crippen LogP contribution in [0.5, 0.6) is 0 Å². The first-order valence-corrected chi connectivity index (χ1v) is 11.2. The molecular formula is C19H30N6OS. The molecule has 0 radical (unpaired) electrons. The third-order valence-electron chi connectivity index (χ3n) is 5.90. The summed E-state index contributed by atoms with van der Waals surface area (Å²) >= 11 is 0. The maximum Gasteiger partial charge on any atom is 0.230 e. The molecule has 2 aliphatic carbocycles. The zero-order valence-corrected chi connectivity index (χ0v) is 17.3. The number of hydrazone groups is 1. The number of anilines is 1. The zero-order chi connectivity index (χ0) is 19.2. The van der Waals surface area contributed by atoms with Crippen LogP contribution in [0.4, 0.5) is 5.69 Å². The van der Waals surface area contributed by atoms with Crippen molar-refractivity contribution in [2.24, 2.45) is 14.6 Å². The number of nitrogens with zero attached hydrogens (tertiary/aromatic N) is 4. The average Bonchev–Trinajstić information content (AvgIpc) is 3.34. The molecule has 0 aromatic carbocycles. The summed E-state index contributed by atoms with van der Waals surface area (Å²) in [5, 5.41) is 27.4. The van der Waals surface area contributed by atoms with Gasteiger partial charge in [0.25, 0.3) is 0 Å². The van der Waals surface area contributed by atoms with Crippen LogP contribution in [0.1, 0.15) is 62.5 Å². The predicted molar refractivity (Wildman–Crippen MR) is 111 cm³/mol. The molecule has 27 heavy (non-hydrogen) atoms. The summed E-state index contributed by atoms with van der Waals surface area (Å²) < 4.78 is 4.38. The summed E-state index contributed by atoms with van der Waals surface area (Å²) in [6.07, 6.45) is 5.02. The monoisotopic (exact) mass is 390 g/mol. The van der Waals surface area contributed by atoms with Crippen LogP contribution in [-0.2, 0) is 35.6 Å². The third kappa shape index (κ3) is 3.50. The molecule has 2 unspecified atom stereocenters. The Bertz CT molecular complexity index is 819. The molecule has 0 saturated heterocycles. The van der Waals surface area contributed by atoms with E-state index in [1.165, 1.54) is 22.5 Å². The first kappa shape index (κ1) is 18.8. The molecule has 7 nitrogen and oxygen atoms in total. The lowest BCUT2D eigenvalue weighted by Gasteiger charge is -2.22. The summed E-state index contributed by atoms with van der Waals surface area (Å²) in [6.45, 7) is 8.33. The Morgan fingerprint density at radius 3 is 2.85 bits per heavy atom. The fourth-order valence-corrected chi connectivity index (χ4v) is 5.23. The maximum absolute atomic E-state index is 10.6. The van der Waals surface area contributed by atoms with E-state index in [0.29, 0.717) is 0 Å². The van der Waals surface area contributed by atoms with Crippen molar-refractivity contribution < 1.29 is 5.11 Å². The first-order valence-electron chi connectivity index (χ1n) is 9.91. The summed E-state index contributed by atoms with van der Waals surface area (Å²) in [5.41, 5.74) is 6.02. The van der Waals surface area contributed by atoms with Crippen LogP contribution in [0.15, 0.2) is 9.46 Å². The van der Waals surface area contributed by atoms with Crippen molar-refractivity contribution in [3.05, 3.63) is 22.5 Å². The quantitative estimate of drug-likeness (QED) is 0.685. The number of aromatic nitrogens is 1. The van der Waals surface area contributed by atoms with E-state index >= 15 is 0 Å². The number of hydrogen-bond acceptors (Lipinski definition) is 6. The molecule has 1 aromatic heterocycles. The lowest BCUT2D eigenvalue weighted by molar-refractivity contribution is 0.216. The molecule has 1 aromatic rings. The molecule has 0 spiro atoms. The standard InChI is InChI=1S/C19H30N6OS/c1-4-25-11-9-15(23-25)27(20)24-18(26)22-16-12-6-5-7-14(12)21-17-13(16)8-10-19(17,2)3/h18,26H,4-11H2,1-3H3,(H2,20,24)(H,21,22). The van der Waals surface area contributed by atoms with Crippen LogP contribution in [0, 0.1) is 0 Å². The smallest absolute Gasteiger partial charge is 0.230 e. The van der Waals surface area contributed by atoms with E-state index in [1.54, 1.807) is 0 Å². The van der Waals surface area contributed by atoms with Crippen LogP contribution in [0.2, 0.25) is 0 Å². The van der Waals surface area contributed by atoms with E-state index in [4.69, 9.17) is 10.1 Å². The fourth-order valence-electron chi connectivity index (χ4n) is 4.34. The van der Waals surface area contributed by atoms with Gasteiger partial charge >= 0.3 is 0 Å². The number of nitrogens with two attached hydrogens (primary N) is 1. The molecule has 4 rings (SSSR count). The van der Waals surface area contributed by atoms with Crippen LogP contribution in [0.3, 0.4) is 0 Å². The van der Waals surface area contributed by atoms with Crippen molar-refractivity contribution in [2.45, 2.75) is 71.1 Å². The number of aryl methyl sites for hydroxylation is 1. The van der Waals surface area contributed by atoms with Crippen molar-refractivity contribution in [2.75, 3.05) is 18.4 Å². The molecule has 8 heteroatoms. The highest BCUT2D eigenvalue weighted by Crippen LogP contribution is 2.44. The van der Waals surface area contributed by atoms with Gasteiger partial charge in [0.1, 0.15) is 5.04 Å². The van der Waals surface area contributed by atoms with Gasteiger partial charge in [0.05, 0.1) is 5.69 Å². The second-order valence-electron chi connectivity index (χ2n) is 8.20. The van der Waals surface area contributed by atoms with Gasteiger partial charge in [-0.15, -0.1) is 0 Å². The highest BCUT2D eigenvalue weighted by Gasteiger charge is 2.36. The van der Waals surface area contributed by atoms with Gasteiger partial charge in [-0.3, -0.25) is 15.1 Å². The van der Waals surface area contributed by atoms with Crippen LogP contribution in [-0.4, -0.2) is 39.6 Å². The lowest BCUT2D eigenvalue weighted by atomic mass is 9.90. The molecule has 0 saturated carbocycles. The van der Waals surface area contributed by atoms with Crippen LogP contribution >= 0.6 is 0 Å². The van der Waals surface area contributed by atoms with Crippen molar-refractivity contribution in [3.8, 4) is 0 Å². The Hall–Kier alpha value is -1.51. The largest absolute Gasteiger partial charge is 0.355 e. The van der Waals surface area contributed by atoms with Gasteiger partial charge < -0.3 is 10.4 Å². The van der Waals surface area contributed by atoms with Crippen molar-refractivity contribution in [1.29, 1.82) is 0 Å². The van der Waals surface area contributed by atoms with Crippen molar-refractivity contribution in [3.63, 3.8) is 0 Å². The summed E-state index contributed by atoms with van der Waals surface area (Å²) in [7, 11) is -0.878. The van der Waals surface area contributed by atoms with Gasteiger partial charge in [0.2, 0.25) is 6.35 Å². The van der Waals surface area contributed by atoms with Gasteiger partial charge in [-0.25, -0.2) is 0 Å². The Morgan fingerprint density at radius 2 is 2.11 bits per heavy atom. The highest BCUT2D eigenvalue weighted by atomic mass is 32.2. The van der Waals surface area contributed by atoms with Crippen molar-refractivity contribution in [1.82, 2.24) is 9.99 Å². The molecular weight excluding hydrogens is 360 g/mol. The molecule has 0 bridgehead atoms. The summed E-state index contributed by atoms with van der Waals surface area (Å²) in [5.74, 6) is 0. The summed E-state index contributed by atoms with van der Waals surface area (Å²) in [4.78, 5) is 5.00. The maximum atomic E-state index is 10.6. The fraction of sp³-hybridized carbons (Fsp3) is 0.684. The van der Waals surface area contributed by atoms with E-state index in [0.717, 1.165) is 62.3 Å². The molecule has 0 amide bonds.